The molecule has 0 spiro atoms. The first kappa shape index (κ1) is 61.4. The van der Waals surface area contributed by atoms with Crippen LogP contribution in [0.5, 0.6) is 0 Å². The summed E-state index contributed by atoms with van der Waals surface area (Å²) in [6, 6.07) is -1.58. The smallest absolute Gasteiger partial charge is 0.364 e. The molecule has 74 heavy (non-hydrogen) atoms. The standard InChI is InChI=1S/C41H71NO32/c1-10-29(69-39-28(60)34(22(54)15(7-46)66-39)74-41(40(61)62)3-11(49)18(42)32(73-41)19(51)12(50)4-43)20(52)13(5-44)64-35(10)72-33-21(53)14(6-45)65-38(27(33)59)71-31-17(9-48)68-37(26(58)24(31)56)70-30-16(8-47)67-36(63-2)25(57)23(30)55/h10-39,43-60H,3-9,42H2,1-2H3,(H,61,62)/t10-,11+,12+,13?,14?,15?,16?,17?,18+,19+,20-,21-,22-,23?,24?,25-,26-,27?,28-,29?,30+,31-,32?,33-,34?,35-,36+,37-,38+,39-,41-/m0/s1. The van der Waals surface area contributed by atoms with Crippen LogP contribution in [-0.2, 0) is 61.6 Å². The molecule has 21 N–H and O–H groups in total. The highest BCUT2D eigenvalue weighted by Crippen LogP contribution is 2.40. The van der Waals surface area contributed by atoms with Gasteiger partial charge >= 0.3 is 5.97 Å². The summed E-state index contributed by atoms with van der Waals surface area (Å²) >= 11 is 0. The minimum Gasteiger partial charge on any atom is -0.477 e. The molecule has 6 rings (SSSR count). The minimum absolute atomic E-state index is 0.789. The van der Waals surface area contributed by atoms with Crippen molar-refractivity contribution < 1.29 is 159 Å². The Morgan fingerprint density at radius 2 is 0.932 bits per heavy atom. The van der Waals surface area contributed by atoms with Crippen LogP contribution < -0.4 is 5.73 Å². The molecule has 0 bridgehead atoms. The molecule has 0 aromatic carbocycles. The molecule has 0 amide bonds. The largest absolute Gasteiger partial charge is 0.477 e. The Morgan fingerprint density at radius 3 is 1.41 bits per heavy atom. The van der Waals surface area contributed by atoms with Crippen molar-refractivity contribution in [1.29, 1.82) is 0 Å². The zero-order chi connectivity index (χ0) is 54.8. The van der Waals surface area contributed by atoms with Gasteiger partial charge in [0.15, 0.2) is 31.5 Å². The molecular weight excluding hydrogens is 1020 g/mol. The molecule has 0 aromatic heterocycles. The SMILES string of the molecule is CO[C@@H]1OC(CO)[C@@H](O[C@@H]2OC(CO)[C@H](O[C@H]3OC(CO)[C@H](O)[C@H](O[C@@H]4OC(CO)[C@H](O)C(O[C@@H]5OC(CO)[C@H](O)C(O[C@]6(C(=O)O)C[C@@H](O)[C@@H](N)C([C@H](O)[C@H](O)CO)O6)[C@@H]5O)[C@@H]4C)C3O)C(O)[C@@H]2O)C(O)[C@@H]1O. The molecule has 6 fully saturated rings. The quantitative estimate of drug-likeness (QED) is 0.0538. The van der Waals surface area contributed by atoms with Crippen molar-refractivity contribution in [1.82, 2.24) is 0 Å². The number of nitrogens with two attached hydrogens (primary N) is 1. The lowest BCUT2D eigenvalue weighted by Crippen LogP contribution is -2.70. The predicted octanol–water partition coefficient (Wildman–Crippen LogP) is -13.0. The van der Waals surface area contributed by atoms with E-state index in [9.17, 15) is 102 Å². The first-order valence-electron chi connectivity index (χ1n) is 23.6. The molecule has 0 saturated carbocycles. The van der Waals surface area contributed by atoms with Crippen LogP contribution in [0.3, 0.4) is 0 Å². The van der Waals surface area contributed by atoms with Crippen molar-refractivity contribution in [2.75, 3.05) is 46.8 Å². The Labute approximate surface area is 419 Å². The number of aliphatic hydroxyl groups is 18. The van der Waals surface area contributed by atoms with Crippen LogP contribution >= 0.6 is 0 Å². The van der Waals surface area contributed by atoms with Gasteiger partial charge in [0, 0.05) is 19.4 Å². The number of aliphatic hydroxyl groups excluding tert-OH is 18. The van der Waals surface area contributed by atoms with E-state index in [1.807, 2.05) is 0 Å². The van der Waals surface area contributed by atoms with Gasteiger partial charge in [-0.2, -0.15) is 0 Å². The van der Waals surface area contributed by atoms with Gasteiger partial charge in [-0.1, -0.05) is 6.92 Å². The van der Waals surface area contributed by atoms with Gasteiger partial charge in [0.25, 0.3) is 5.79 Å². The number of hydrogen-bond acceptors (Lipinski definition) is 32. The van der Waals surface area contributed by atoms with Crippen LogP contribution in [0, 0.1) is 5.92 Å². The Kier molecular flexibility index (Phi) is 21.6. The molecule has 0 radical (unpaired) electrons. The van der Waals surface area contributed by atoms with E-state index < -0.39 is 242 Å². The Bertz CT molecular complexity index is 1750. The first-order valence-corrected chi connectivity index (χ1v) is 23.6. The fourth-order valence-electron chi connectivity index (χ4n) is 9.65. The lowest BCUT2D eigenvalue weighted by atomic mass is 9.88. The summed E-state index contributed by atoms with van der Waals surface area (Å²) in [5, 5.41) is 203. The second kappa shape index (κ2) is 26.0. The van der Waals surface area contributed by atoms with Gasteiger partial charge in [-0.15, -0.1) is 0 Å². The third-order valence-corrected chi connectivity index (χ3v) is 14.0. The number of carboxylic acid groups (broad SMARTS) is 1. The molecule has 0 aromatic rings. The summed E-state index contributed by atoms with van der Waals surface area (Å²) in [7, 11) is 1.16. The monoisotopic (exact) mass is 1090 g/mol. The Balaban J connectivity index is 1.19. The normalized spacial score (nSPS) is 50.3. The van der Waals surface area contributed by atoms with E-state index in [0.717, 1.165) is 7.11 Å². The number of carbonyl (C=O) groups is 1. The van der Waals surface area contributed by atoms with Gasteiger partial charge < -0.3 is 160 Å². The van der Waals surface area contributed by atoms with E-state index in [-0.39, 0.29) is 0 Å². The van der Waals surface area contributed by atoms with Crippen LogP contribution in [0.1, 0.15) is 13.3 Å². The molecule has 432 valence electrons. The number of aliphatic carboxylic acids is 1. The number of methoxy groups -OCH3 is 1. The Hall–Kier alpha value is -1.77. The minimum atomic E-state index is -3.08. The highest BCUT2D eigenvalue weighted by atomic mass is 16.8. The second-order valence-electron chi connectivity index (χ2n) is 18.9. The van der Waals surface area contributed by atoms with Crippen molar-refractivity contribution in [2.24, 2.45) is 11.7 Å². The lowest BCUT2D eigenvalue weighted by molar-refractivity contribution is -0.395. The maximum atomic E-state index is 12.8. The maximum absolute atomic E-state index is 12.8. The van der Waals surface area contributed by atoms with Gasteiger partial charge in [-0.05, 0) is 0 Å². The first-order chi connectivity index (χ1) is 35.0. The predicted molar refractivity (Wildman–Crippen MR) is 226 cm³/mol. The molecule has 6 heterocycles. The molecule has 11 unspecified atom stereocenters. The van der Waals surface area contributed by atoms with Crippen molar-refractivity contribution >= 4 is 5.97 Å². The van der Waals surface area contributed by atoms with Gasteiger partial charge in [0.05, 0.1) is 57.9 Å². The second-order valence-corrected chi connectivity index (χ2v) is 18.9. The van der Waals surface area contributed by atoms with Crippen molar-refractivity contribution in [3.8, 4) is 0 Å². The lowest BCUT2D eigenvalue weighted by Gasteiger charge is -2.51. The highest BCUT2D eigenvalue weighted by Gasteiger charge is 2.61. The molecule has 6 saturated heterocycles. The van der Waals surface area contributed by atoms with Crippen LogP contribution in [0.2, 0.25) is 0 Å². The molecule has 6 aliphatic rings. The topological polar surface area (TPSA) is 538 Å². The molecule has 33 heteroatoms. The summed E-state index contributed by atoms with van der Waals surface area (Å²) in [6.07, 6.45) is -53.5. The van der Waals surface area contributed by atoms with Crippen LogP contribution in [0.4, 0.5) is 0 Å². The van der Waals surface area contributed by atoms with Gasteiger partial charge in [-0.25, -0.2) is 4.79 Å². The van der Waals surface area contributed by atoms with Crippen molar-refractivity contribution in [3.05, 3.63) is 0 Å². The fraction of sp³-hybridized carbons (Fsp3) is 0.976. The van der Waals surface area contributed by atoms with Crippen molar-refractivity contribution in [2.45, 2.75) is 197 Å². The summed E-state index contributed by atoms with van der Waals surface area (Å²) in [6.45, 7) is -4.55. The molecule has 6 aliphatic heterocycles. The van der Waals surface area contributed by atoms with Crippen LogP contribution in [0.25, 0.3) is 0 Å². The average molecular weight is 1090 g/mol. The van der Waals surface area contributed by atoms with E-state index in [1.165, 1.54) is 6.92 Å². The van der Waals surface area contributed by atoms with E-state index in [1.54, 1.807) is 0 Å². The van der Waals surface area contributed by atoms with Gasteiger partial charge in [0.1, 0.15) is 128 Å². The average Bonchev–Trinajstić information content (AvgIpc) is 3.38. The van der Waals surface area contributed by atoms with Gasteiger partial charge in [0.2, 0.25) is 0 Å². The van der Waals surface area contributed by atoms with E-state index in [0.29, 0.717) is 0 Å². The van der Waals surface area contributed by atoms with Crippen LogP contribution in [-0.4, -0.2) is 333 Å². The van der Waals surface area contributed by atoms with E-state index in [2.05, 4.69) is 0 Å². The van der Waals surface area contributed by atoms with E-state index in [4.69, 9.17) is 62.6 Å². The van der Waals surface area contributed by atoms with E-state index >= 15 is 0 Å². The fourth-order valence-corrected chi connectivity index (χ4v) is 9.65. The Morgan fingerprint density at radius 1 is 0.541 bits per heavy atom. The van der Waals surface area contributed by atoms with Crippen LogP contribution in [0.15, 0.2) is 0 Å². The van der Waals surface area contributed by atoms with Crippen molar-refractivity contribution in [3.63, 3.8) is 0 Å². The highest BCUT2D eigenvalue weighted by molar-refractivity contribution is 5.76. The summed E-state index contributed by atoms with van der Waals surface area (Å²) in [4.78, 5) is 12.8. The summed E-state index contributed by atoms with van der Waals surface area (Å²) in [5.41, 5.74) is 5.94. The number of ether oxygens (including phenoxy) is 12. The molecule has 33 nitrogen and oxygen atoms in total. The molecular formula is C41H71NO32. The number of rotatable bonds is 20. The maximum Gasteiger partial charge on any atom is 0.364 e. The zero-order valence-electron chi connectivity index (χ0n) is 39.7. The molecule has 31 atom stereocenters. The zero-order valence-corrected chi connectivity index (χ0v) is 39.7. The molecule has 0 aliphatic carbocycles. The van der Waals surface area contributed by atoms with Gasteiger partial charge in [-0.3, -0.25) is 0 Å². The summed E-state index contributed by atoms with van der Waals surface area (Å²) < 4.78 is 67.6. The number of carboxylic acids is 1. The third-order valence-electron chi connectivity index (χ3n) is 14.0. The summed E-state index contributed by atoms with van der Waals surface area (Å²) in [5.74, 6) is -6.41. The third kappa shape index (κ3) is 12.3. The number of hydrogen-bond donors (Lipinski definition) is 20.